The lowest BCUT2D eigenvalue weighted by molar-refractivity contribution is 0.233. The largest absolute Gasteiger partial charge is 0.325 e. The first-order chi connectivity index (χ1) is 9.01. The van der Waals surface area contributed by atoms with Gasteiger partial charge >= 0.3 is 0 Å². The molecule has 0 saturated carbocycles. The first-order valence-corrected chi connectivity index (χ1v) is 8.25. The third-order valence-corrected chi connectivity index (χ3v) is 4.12. The van der Waals surface area contributed by atoms with E-state index in [1.807, 2.05) is 0 Å². The smallest absolute Gasteiger partial charge is 0.106 e. The number of hydrogen-bond acceptors (Lipinski definition) is 4. The van der Waals surface area contributed by atoms with Crippen LogP contribution in [0.2, 0.25) is 0 Å². The molecule has 0 amide bonds. The Kier molecular flexibility index (Phi) is 7.57. The molecule has 0 aromatic carbocycles. The lowest BCUT2D eigenvalue weighted by Crippen LogP contribution is -2.27. The van der Waals surface area contributed by atoms with E-state index in [9.17, 15) is 0 Å². The summed E-state index contributed by atoms with van der Waals surface area (Å²) in [5.74, 6) is 1.52. The van der Waals surface area contributed by atoms with E-state index in [1.165, 1.54) is 31.6 Å². The fourth-order valence-corrected chi connectivity index (χ4v) is 2.56. The second-order valence-electron chi connectivity index (χ2n) is 6.08. The molecule has 1 rings (SSSR count). The zero-order chi connectivity index (χ0) is 14.3. The molecule has 0 atom stereocenters. The van der Waals surface area contributed by atoms with Gasteiger partial charge in [-0.05, 0) is 37.8 Å². The summed E-state index contributed by atoms with van der Waals surface area (Å²) in [7, 11) is 0. The zero-order valence-electron chi connectivity index (χ0n) is 12.9. The summed E-state index contributed by atoms with van der Waals surface area (Å²) in [5.41, 5.74) is 6.80. The minimum atomic E-state index is 0.558. The third kappa shape index (κ3) is 7.04. The van der Waals surface area contributed by atoms with Crippen LogP contribution in [0.25, 0.3) is 0 Å². The fourth-order valence-electron chi connectivity index (χ4n) is 1.90. The van der Waals surface area contributed by atoms with Crippen LogP contribution in [0.5, 0.6) is 0 Å². The molecule has 0 radical (unpaired) electrons. The number of aromatic nitrogens is 1. The van der Waals surface area contributed by atoms with Gasteiger partial charge in [0, 0.05) is 18.5 Å². The maximum Gasteiger partial charge on any atom is 0.106 e. The summed E-state index contributed by atoms with van der Waals surface area (Å²) in [5, 5.41) is 3.20. The second-order valence-corrected chi connectivity index (χ2v) is 7.02. The first-order valence-electron chi connectivity index (χ1n) is 7.37. The van der Waals surface area contributed by atoms with Crippen LogP contribution < -0.4 is 5.73 Å². The van der Waals surface area contributed by atoms with E-state index in [0.717, 1.165) is 23.4 Å². The number of hydrogen-bond donors (Lipinski definition) is 1. The molecule has 0 unspecified atom stereocenters. The summed E-state index contributed by atoms with van der Waals surface area (Å²) in [4.78, 5) is 7.11. The van der Waals surface area contributed by atoms with Crippen LogP contribution in [0, 0.1) is 11.8 Å². The Bertz CT molecular complexity index is 335. The maximum atomic E-state index is 5.63. The van der Waals surface area contributed by atoms with Gasteiger partial charge in [0.25, 0.3) is 0 Å². The molecule has 3 nitrogen and oxygen atoms in total. The zero-order valence-corrected chi connectivity index (χ0v) is 13.7. The Labute approximate surface area is 122 Å². The molecule has 0 aliphatic carbocycles. The van der Waals surface area contributed by atoms with Gasteiger partial charge in [-0.15, -0.1) is 11.3 Å². The fraction of sp³-hybridized carbons (Fsp3) is 0.800. The number of nitrogens with two attached hydrogens (primary N) is 1. The van der Waals surface area contributed by atoms with E-state index in [-0.39, 0.29) is 0 Å². The first kappa shape index (κ1) is 16.6. The van der Waals surface area contributed by atoms with Crippen molar-refractivity contribution in [2.24, 2.45) is 17.6 Å². The highest BCUT2D eigenvalue weighted by Crippen LogP contribution is 2.14. The molecule has 19 heavy (non-hydrogen) atoms. The minimum Gasteiger partial charge on any atom is -0.325 e. The predicted molar refractivity (Wildman–Crippen MR) is 84.2 cm³/mol. The van der Waals surface area contributed by atoms with Gasteiger partial charge in [-0.1, -0.05) is 27.7 Å². The quantitative estimate of drug-likeness (QED) is 0.754. The molecule has 2 N–H and O–H groups in total. The van der Waals surface area contributed by atoms with Gasteiger partial charge < -0.3 is 5.73 Å². The second kappa shape index (κ2) is 8.67. The maximum absolute atomic E-state index is 5.63. The monoisotopic (exact) mass is 283 g/mol. The van der Waals surface area contributed by atoms with Crippen molar-refractivity contribution < 1.29 is 0 Å². The molecule has 0 saturated heterocycles. The van der Waals surface area contributed by atoms with Crippen LogP contribution in [0.4, 0.5) is 0 Å². The van der Waals surface area contributed by atoms with Gasteiger partial charge in [-0.3, -0.25) is 4.90 Å². The summed E-state index contributed by atoms with van der Waals surface area (Å²) in [6, 6.07) is 0. The number of rotatable bonds is 9. The van der Waals surface area contributed by atoms with E-state index in [0.29, 0.717) is 6.54 Å². The van der Waals surface area contributed by atoms with E-state index in [1.54, 1.807) is 11.3 Å². The van der Waals surface area contributed by atoms with Crippen LogP contribution in [-0.4, -0.2) is 23.0 Å². The minimum absolute atomic E-state index is 0.558. The molecule has 1 aromatic heterocycles. The summed E-state index contributed by atoms with van der Waals surface area (Å²) in [6.45, 7) is 13.0. The van der Waals surface area contributed by atoms with Crippen LogP contribution in [-0.2, 0) is 13.1 Å². The van der Waals surface area contributed by atoms with Gasteiger partial charge in [0.2, 0.25) is 0 Å². The molecular weight excluding hydrogens is 254 g/mol. The molecule has 1 aromatic rings. The Morgan fingerprint density at radius 1 is 1.16 bits per heavy atom. The molecule has 4 heteroatoms. The van der Waals surface area contributed by atoms with Gasteiger partial charge in [-0.25, -0.2) is 4.98 Å². The van der Waals surface area contributed by atoms with Gasteiger partial charge in [0.15, 0.2) is 0 Å². The van der Waals surface area contributed by atoms with Crippen molar-refractivity contribution in [3.8, 4) is 0 Å². The number of nitrogens with zero attached hydrogens (tertiary/aromatic N) is 2. The average molecular weight is 283 g/mol. The third-order valence-electron chi connectivity index (χ3n) is 3.20. The Balaban J connectivity index is 2.51. The van der Waals surface area contributed by atoms with Crippen LogP contribution in [0.1, 0.15) is 51.2 Å². The molecule has 0 bridgehead atoms. The Morgan fingerprint density at radius 3 is 2.16 bits per heavy atom. The van der Waals surface area contributed by atoms with Crippen LogP contribution in [0.15, 0.2) is 5.38 Å². The van der Waals surface area contributed by atoms with Crippen LogP contribution >= 0.6 is 11.3 Å². The van der Waals surface area contributed by atoms with Crippen molar-refractivity contribution in [3.05, 3.63) is 16.1 Å². The van der Waals surface area contributed by atoms with Crippen molar-refractivity contribution >= 4 is 11.3 Å². The Hall–Kier alpha value is -0.450. The average Bonchev–Trinajstić information content (AvgIpc) is 2.80. The number of thiazole rings is 1. The molecule has 110 valence electrons. The van der Waals surface area contributed by atoms with Crippen molar-refractivity contribution in [2.45, 2.75) is 53.6 Å². The molecule has 1 heterocycles. The molecule has 0 fully saturated rings. The predicted octanol–water partition coefficient (Wildman–Crippen LogP) is 3.50. The van der Waals surface area contributed by atoms with E-state index < -0.39 is 0 Å². The van der Waals surface area contributed by atoms with Gasteiger partial charge in [0.1, 0.15) is 5.01 Å². The topological polar surface area (TPSA) is 42.1 Å². The van der Waals surface area contributed by atoms with Gasteiger partial charge in [0.05, 0.1) is 5.69 Å². The SMILES string of the molecule is CC(C)CCN(CCC(C)C)Cc1csc(CN)n1. The van der Waals surface area contributed by atoms with Crippen molar-refractivity contribution in [3.63, 3.8) is 0 Å². The van der Waals surface area contributed by atoms with Crippen molar-refractivity contribution in [1.82, 2.24) is 9.88 Å². The lowest BCUT2D eigenvalue weighted by Gasteiger charge is -2.23. The van der Waals surface area contributed by atoms with Crippen molar-refractivity contribution in [2.75, 3.05) is 13.1 Å². The van der Waals surface area contributed by atoms with E-state index >= 15 is 0 Å². The van der Waals surface area contributed by atoms with Crippen LogP contribution in [0.3, 0.4) is 0 Å². The van der Waals surface area contributed by atoms with Gasteiger partial charge in [-0.2, -0.15) is 0 Å². The molecule has 0 spiro atoms. The highest BCUT2D eigenvalue weighted by molar-refractivity contribution is 7.09. The lowest BCUT2D eigenvalue weighted by atomic mass is 10.1. The van der Waals surface area contributed by atoms with Crippen molar-refractivity contribution in [1.29, 1.82) is 0 Å². The summed E-state index contributed by atoms with van der Waals surface area (Å²) in [6.07, 6.45) is 2.51. The van der Waals surface area contributed by atoms with E-state index in [4.69, 9.17) is 5.73 Å². The van der Waals surface area contributed by atoms with E-state index in [2.05, 4.69) is 43.0 Å². The normalized spacial score (nSPS) is 12.0. The summed E-state index contributed by atoms with van der Waals surface area (Å²) < 4.78 is 0. The molecular formula is C15H29N3S. The highest BCUT2D eigenvalue weighted by atomic mass is 32.1. The Morgan fingerprint density at radius 2 is 1.74 bits per heavy atom. The molecule has 0 aliphatic heterocycles. The standard InChI is InChI=1S/C15H29N3S/c1-12(2)5-7-18(8-6-13(3)4)10-14-11-19-15(9-16)17-14/h11-13H,5-10,16H2,1-4H3. The summed E-state index contributed by atoms with van der Waals surface area (Å²) >= 11 is 1.68. The molecule has 0 aliphatic rings. The highest BCUT2D eigenvalue weighted by Gasteiger charge is 2.10.